The minimum atomic E-state index is -3.79. The van der Waals surface area contributed by atoms with Crippen molar-refractivity contribution in [2.45, 2.75) is 24.8 Å². The number of benzene rings is 2. The summed E-state index contributed by atoms with van der Waals surface area (Å²) in [5.41, 5.74) is 1.26. The Hall–Kier alpha value is -2.51. The number of rotatable bonds is 6. The molecule has 6 nitrogen and oxygen atoms in total. The van der Waals surface area contributed by atoms with Gasteiger partial charge in [-0.2, -0.15) is 4.31 Å². The molecule has 0 fully saturated rings. The first-order chi connectivity index (χ1) is 12.4. The normalized spacial score (nSPS) is 14.2. The van der Waals surface area contributed by atoms with Crippen LogP contribution >= 0.6 is 0 Å². The van der Waals surface area contributed by atoms with E-state index in [1.165, 1.54) is 29.6 Å². The molecule has 2 amide bonds. The molecule has 0 saturated carbocycles. The summed E-state index contributed by atoms with van der Waals surface area (Å²) < 4.78 is 27.6. The number of carbonyl (C=O) groups excluding carboxylic acids is 2. The van der Waals surface area contributed by atoms with Crippen molar-refractivity contribution in [1.82, 2.24) is 9.21 Å². The lowest BCUT2D eigenvalue weighted by atomic mass is 10.1. The number of hydrogen-bond donors (Lipinski definition) is 0. The lowest BCUT2D eigenvalue weighted by Crippen LogP contribution is -2.31. The number of fused-ring (bicyclic) bond motifs is 1. The molecule has 0 aliphatic carbocycles. The van der Waals surface area contributed by atoms with E-state index < -0.39 is 21.8 Å². The molecule has 136 valence electrons. The molecule has 26 heavy (non-hydrogen) atoms. The monoisotopic (exact) mass is 372 g/mol. The molecule has 7 heteroatoms. The van der Waals surface area contributed by atoms with Gasteiger partial charge in [0, 0.05) is 20.1 Å². The third-order valence-electron chi connectivity index (χ3n) is 4.37. The number of amides is 2. The minimum Gasteiger partial charge on any atom is -0.277 e. The predicted molar refractivity (Wildman–Crippen MR) is 97.2 cm³/mol. The number of nitrogens with zero attached hydrogens (tertiary/aromatic N) is 2. The first kappa shape index (κ1) is 18.3. The molecular weight excluding hydrogens is 352 g/mol. The van der Waals surface area contributed by atoms with Crippen LogP contribution in [0.15, 0.2) is 53.4 Å². The Morgan fingerprint density at radius 2 is 1.62 bits per heavy atom. The third kappa shape index (κ3) is 3.15. The number of hydrogen-bond acceptors (Lipinski definition) is 4. The van der Waals surface area contributed by atoms with Gasteiger partial charge in [-0.3, -0.25) is 14.5 Å². The first-order valence-corrected chi connectivity index (χ1v) is 9.80. The highest BCUT2D eigenvalue weighted by Crippen LogP contribution is 2.27. The van der Waals surface area contributed by atoms with E-state index in [2.05, 4.69) is 0 Å². The second-order valence-electron chi connectivity index (χ2n) is 6.20. The fraction of sp³-hybridized carbons (Fsp3) is 0.263. The molecule has 0 bridgehead atoms. The van der Waals surface area contributed by atoms with Crippen molar-refractivity contribution in [3.8, 4) is 0 Å². The van der Waals surface area contributed by atoms with Gasteiger partial charge in [-0.25, -0.2) is 8.42 Å². The van der Waals surface area contributed by atoms with Crippen molar-refractivity contribution in [3.63, 3.8) is 0 Å². The molecule has 0 N–H and O–H groups in total. The van der Waals surface area contributed by atoms with E-state index in [1.54, 1.807) is 0 Å². The summed E-state index contributed by atoms with van der Waals surface area (Å²) in [6.07, 6.45) is 0.664. The van der Waals surface area contributed by atoms with Crippen LogP contribution in [-0.4, -0.2) is 43.0 Å². The maximum atomic E-state index is 13.1. The van der Waals surface area contributed by atoms with Crippen molar-refractivity contribution in [3.05, 3.63) is 65.2 Å². The molecule has 2 aromatic rings. The van der Waals surface area contributed by atoms with Crippen LogP contribution in [0.25, 0.3) is 0 Å². The van der Waals surface area contributed by atoms with Gasteiger partial charge in [0.25, 0.3) is 11.8 Å². The van der Waals surface area contributed by atoms with E-state index in [4.69, 9.17) is 0 Å². The lowest BCUT2D eigenvalue weighted by molar-refractivity contribution is 0.0693. The summed E-state index contributed by atoms with van der Waals surface area (Å²) >= 11 is 0. The van der Waals surface area contributed by atoms with E-state index >= 15 is 0 Å². The van der Waals surface area contributed by atoms with E-state index in [-0.39, 0.29) is 22.6 Å². The molecular formula is C19H20N2O4S. The Balaban J connectivity index is 1.98. The van der Waals surface area contributed by atoms with Gasteiger partial charge >= 0.3 is 0 Å². The lowest BCUT2D eigenvalue weighted by Gasteiger charge is -2.22. The highest BCUT2D eigenvalue weighted by molar-refractivity contribution is 7.89. The summed E-state index contributed by atoms with van der Waals surface area (Å²) in [5.74, 6) is -0.893. The van der Waals surface area contributed by atoms with Crippen LogP contribution in [0.1, 0.15) is 39.6 Å². The SMILES string of the molecule is CCCN(Cc1ccccc1)S(=O)(=O)c1ccc2c(c1)C(=O)N(C)C2=O. The second kappa shape index (κ2) is 7.01. The molecule has 0 unspecified atom stereocenters. The molecule has 1 aliphatic heterocycles. The Morgan fingerprint density at radius 3 is 2.27 bits per heavy atom. The van der Waals surface area contributed by atoms with Crippen molar-refractivity contribution in [2.75, 3.05) is 13.6 Å². The number of carbonyl (C=O) groups is 2. The molecule has 0 aromatic heterocycles. The molecule has 0 radical (unpaired) electrons. The summed E-state index contributed by atoms with van der Waals surface area (Å²) in [5, 5.41) is 0. The van der Waals surface area contributed by atoms with Crippen LogP contribution in [0.3, 0.4) is 0 Å². The zero-order valence-corrected chi connectivity index (χ0v) is 15.5. The van der Waals surface area contributed by atoms with Gasteiger partial charge < -0.3 is 0 Å². The van der Waals surface area contributed by atoms with Gasteiger partial charge in [-0.05, 0) is 30.2 Å². The average molecular weight is 372 g/mol. The van der Waals surface area contributed by atoms with Crippen LogP contribution in [-0.2, 0) is 16.6 Å². The summed E-state index contributed by atoms with van der Waals surface area (Å²) in [7, 11) is -2.40. The Bertz CT molecular complexity index is 955. The second-order valence-corrected chi connectivity index (χ2v) is 8.14. The fourth-order valence-corrected chi connectivity index (χ4v) is 4.52. The van der Waals surface area contributed by atoms with Crippen LogP contribution in [0.4, 0.5) is 0 Å². The quantitative estimate of drug-likeness (QED) is 0.730. The van der Waals surface area contributed by atoms with Gasteiger partial charge in [0.05, 0.1) is 16.0 Å². The van der Waals surface area contributed by atoms with Gasteiger partial charge in [-0.15, -0.1) is 0 Å². The Labute approximate surface area is 153 Å². The van der Waals surface area contributed by atoms with Crippen molar-refractivity contribution < 1.29 is 18.0 Å². The van der Waals surface area contributed by atoms with Crippen LogP contribution in [0, 0.1) is 0 Å². The Kier molecular flexibility index (Phi) is 4.93. The Morgan fingerprint density at radius 1 is 0.962 bits per heavy atom. The molecule has 1 aliphatic rings. The van der Waals surface area contributed by atoms with Gasteiger partial charge in [0.1, 0.15) is 0 Å². The molecule has 3 rings (SSSR count). The molecule has 2 aromatic carbocycles. The van der Waals surface area contributed by atoms with Gasteiger partial charge in [0.2, 0.25) is 10.0 Å². The largest absolute Gasteiger partial charge is 0.277 e. The highest BCUT2D eigenvalue weighted by atomic mass is 32.2. The van der Waals surface area contributed by atoms with Crippen LogP contribution in [0.2, 0.25) is 0 Å². The van der Waals surface area contributed by atoms with Crippen molar-refractivity contribution in [2.24, 2.45) is 0 Å². The van der Waals surface area contributed by atoms with Gasteiger partial charge in [0.15, 0.2) is 0 Å². The standard InChI is InChI=1S/C19H20N2O4S/c1-3-11-21(13-14-7-5-4-6-8-14)26(24,25)15-9-10-16-17(12-15)19(23)20(2)18(16)22/h4-10,12H,3,11,13H2,1-2H3. The maximum absolute atomic E-state index is 13.1. The molecule has 0 atom stereocenters. The van der Waals surface area contributed by atoms with Crippen LogP contribution in [0.5, 0.6) is 0 Å². The molecule has 1 heterocycles. The zero-order chi connectivity index (χ0) is 18.9. The topological polar surface area (TPSA) is 74.8 Å². The van der Waals surface area contributed by atoms with Crippen molar-refractivity contribution >= 4 is 21.8 Å². The first-order valence-electron chi connectivity index (χ1n) is 8.36. The zero-order valence-electron chi connectivity index (χ0n) is 14.7. The smallest absolute Gasteiger partial charge is 0.261 e. The van der Waals surface area contributed by atoms with Crippen LogP contribution < -0.4 is 0 Å². The third-order valence-corrected chi connectivity index (χ3v) is 6.21. The fourth-order valence-electron chi connectivity index (χ4n) is 2.97. The van der Waals surface area contributed by atoms with Crippen molar-refractivity contribution in [1.29, 1.82) is 0 Å². The van der Waals surface area contributed by atoms with Gasteiger partial charge in [-0.1, -0.05) is 37.3 Å². The number of imide groups is 1. The minimum absolute atomic E-state index is 0.0251. The number of sulfonamides is 1. The molecule has 0 saturated heterocycles. The molecule has 0 spiro atoms. The summed E-state index contributed by atoms with van der Waals surface area (Å²) in [4.78, 5) is 25.2. The van der Waals surface area contributed by atoms with E-state index in [0.29, 0.717) is 13.0 Å². The summed E-state index contributed by atoms with van der Waals surface area (Å²) in [6.45, 7) is 2.52. The predicted octanol–water partition coefficient (Wildman–Crippen LogP) is 2.51. The van der Waals surface area contributed by atoms with E-state index in [1.807, 2.05) is 37.3 Å². The summed E-state index contributed by atoms with van der Waals surface area (Å²) in [6, 6.07) is 13.5. The van der Waals surface area contributed by atoms with E-state index in [0.717, 1.165) is 10.5 Å². The highest BCUT2D eigenvalue weighted by Gasteiger charge is 2.35. The average Bonchev–Trinajstić information content (AvgIpc) is 2.86. The maximum Gasteiger partial charge on any atom is 0.261 e. The van der Waals surface area contributed by atoms with E-state index in [9.17, 15) is 18.0 Å².